The summed E-state index contributed by atoms with van der Waals surface area (Å²) in [5, 5.41) is 0.323. The first-order chi connectivity index (χ1) is 6.20. The minimum atomic E-state index is -0.456. The molecular formula is C10H8ClO2. The molecule has 2 nitrogen and oxygen atoms in total. The molecule has 0 spiro atoms. The van der Waals surface area contributed by atoms with Gasteiger partial charge < -0.3 is 4.74 Å². The van der Waals surface area contributed by atoms with E-state index in [0.717, 1.165) is 0 Å². The topological polar surface area (TPSA) is 26.3 Å². The van der Waals surface area contributed by atoms with Crippen LogP contribution in [0, 0.1) is 6.08 Å². The molecule has 0 aliphatic heterocycles. The van der Waals surface area contributed by atoms with Gasteiger partial charge in [0.2, 0.25) is 0 Å². The summed E-state index contributed by atoms with van der Waals surface area (Å²) in [6.45, 7) is 3.46. The van der Waals surface area contributed by atoms with Crippen LogP contribution in [0.4, 0.5) is 0 Å². The van der Waals surface area contributed by atoms with Gasteiger partial charge in [0.1, 0.15) is 0 Å². The molecule has 0 aliphatic carbocycles. The van der Waals surface area contributed by atoms with Crippen LogP contribution in [0.2, 0.25) is 5.02 Å². The Balaban J connectivity index is 3.23. The molecule has 1 aromatic carbocycles. The van der Waals surface area contributed by atoms with Gasteiger partial charge in [-0.3, -0.25) is 0 Å². The van der Waals surface area contributed by atoms with Crippen molar-refractivity contribution in [2.75, 3.05) is 7.11 Å². The normalized spacial score (nSPS) is 9.38. The van der Waals surface area contributed by atoms with E-state index < -0.39 is 5.97 Å². The summed E-state index contributed by atoms with van der Waals surface area (Å²) < 4.78 is 4.55. The Morgan fingerprint density at radius 3 is 2.85 bits per heavy atom. The molecule has 1 aromatic rings. The van der Waals surface area contributed by atoms with E-state index in [2.05, 4.69) is 17.4 Å². The quantitative estimate of drug-likeness (QED) is 0.678. The van der Waals surface area contributed by atoms with Crippen molar-refractivity contribution in [3.63, 3.8) is 0 Å². The lowest BCUT2D eigenvalue weighted by atomic mass is 10.1. The summed E-state index contributed by atoms with van der Waals surface area (Å²) in [6, 6.07) is 5.02. The van der Waals surface area contributed by atoms with E-state index >= 15 is 0 Å². The molecule has 0 unspecified atom stereocenters. The van der Waals surface area contributed by atoms with Gasteiger partial charge in [-0.15, -0.1) is 0 Å². The second-order valence-electron chi connectivity index (χ2n) is 2.34. The van der Waals surface area contributed by atoms with Crippen LogP contribution in [0.1, 0.15) is 15.9 Å². The van der Waals surface area contributed by atoms with E-state index in [-0.39, 0.29) is 0 Å². The smallest absolute Gasteiger partial charge is 0.339 e. The highest BCUT2D eigenvalue weighted by Gasteiger charge is 2.11. The average Bonchev–Trinajstić information content (AvgIpc) is 2.17. The summed E-state index contributed by atoms with van der Waals surface area (Å²) in [7, 11) is 1.31. The van der Waals surface area contributed by atoms with E-state index in [1.165, 1.54) is 7.11 Å². The van der Waals surface area contributed by atoms with Crippen LogP contribution in [0.25, 0.3) is 0 Å². The summed E-state index contributed by atoms with van der Waals surface area (Å²) >= 11 is 5.88. The number of esters is 1. The van der Waals surface area contributed by atoms with Gasteiger partial charge in [0.15, 0.2) is 0 Å². The van der Waals surface area contributed by atoms with Crippen molar-refractivity contribution in [2.45, 2.75) is 0 Å². The van der Waals surface area contributed by atoms with E-state index in [1.807, 2.05) is 0 Å². The van der Waals surface area contributed by atoms with Crippen LogP contribution < -0.4 is 0 Å². The van der Waals surface area contributed by atoms with Gasteiger partial charge in [0.25, 0.3) is 0 Å². The molecule has 0 aromatic heterocycles. The van der Waals surface area contributed by atoms with Crippen LogP contribution in [0.5, 0.6) is 0 Å². The number of ether oxygens (including phenoxy) is 1. The third-order valence-electron chi connectivity index (χ3n) is 1.59. The Morgan fingerprint density at radius 1 is 1.62 bits per heavy atom. The van der Waals surface area contributed by atoms with E-state index in [4.69, 9.17) is 11.6 Å². The van der Waals surface area contributed by atoms with Gasteiger partial charge in [-0.05, 0) is 12.1 Å². The van der Waals surface area contributed by atoms with Crippen molar-refractivity contribution >= 4 is 17.6 Å². The van der Waals surface area contributed by atoms with Gasteiger partial charge in [0.05, 0.1) is 17.7 Å². The Bertz CT molecular complexity index is 345. The second kappa shape index (κ2) is 4.10. The Hall–Kier alpha value is -1.28. The zero-order chi connectivity index (χ0) is 9.84. The molecule has 3 heteroatoms. The van der Waals surface area contributed by atoms with Crippen LogP contribution in [-0.4, -0.2) is 13.1 Å². The number of hydrogen-bond donors (Lipinski definition) is 0. The van der Waals surface area contributed by atoms with Crippen molar-refractivity contribution < 1.29 is 9.53 Å². The fourth-order valence-electron chi connectivity index (χ4n) is 0.936. The average molecular weight is 196 g/mol. The van der Waals surface area contributed by atoms with Crippen molar-refractivity contribution in [1.82, 2.24) is 0 Å². The van der Waals surface area contributed by atoms with Crippen molar-refractivity contribution in [2.24, 2.45) is 0 Å². The van der Waals surface area contributed by atoms with Crippen molar-refractivity contribution in [1.29, 1.82) is 0 Å². The highest BCUT2D eigenvalue weighted by atomic mass is 35.5. The maximum atomic E-state index is 11.1. The molecule has 0 N–H and O–H groups in total. The molecular weight excluding hydrogens is 188 g/mol. The number of carbonyl (C=O) groups is 1. The molecule has 0 fully saturated rings. The van der Waals surface area contributed by atoms with Gasteiger partial charge in [-0.2, -0.15) is 0 Å². The first kappa shape index (κ1) is 9.81. The molecule has 1 rings (SSSR count). The van der Waals surface area contributed by atoms with E-state index in [0.29, 0.717) is 16.1 Å². The lowest BCUT2D eigenvalue weighted by Crippen LogP contribution is -2.02. The van der Waals surface area contributed by atoms with Crippen LogP contribution in [0.3, 0.4) is 0 Å². The number of rotatable bonds is 2. The predicted octanol–water partition coefficient (Wildman–Crippen LogP) is 2.46. The minimum Gasteiger partial charge on any atom is -0.465 e. The van der Waals surface area contributed by atoms with Gasteiger partial charge in [0, 0.05) is 5.56 Å². The summed E-state index contributed by atoms with van der Waals surface area (Å²) in [4.78, 5) is 11.1. The van der Waals surface area contributed by atoms with Crippen molar-refractivity contribution in [3.05, 3.63) is 47.0 Å². The molecule has 0 aliphatic rings. The summed E-state index contributed by atoms with van der Waals surface area (Å²) in [5.74, 6) is -0.456. The maximum absolute atomic E-state index is 11.1. The molecule has 67 valence electrons. The van der Waals surface area contributed by atoms with Gasteiger partial charge in [-0.1, -0.05) is 30.3 Å². The Labute approximate surface area is 81.8 Å². The Kier molecular flexibility index (Phi) is 3.09. The Morgan fingerprint density at radius 2 is 2.31 bits per heavy atom. The monoisotopic (exact) mass is 195 g/mol. The largest absolute Gasteiger partial charge is 0.465 e. The number of halogens is 1. The first-order valence-corrected chi connectivity index (χ1v) is 3.98. The summed E-state index contributed by atoms with van der Waals surface area (Å²) in [6.07, 6.45) is 2.62. The number of methoxy groups -OCH3 is 1. The number of benzene rings is 1. The van der Waals surface area contributed by atoms with E-state index in [9.17, 15) is 4.79 Å². The molecule has 13 heavy (non-hydrogen) atoms. The molecule has 0 saturated heterocycles. The lowest BCUT2D eigenvalue weighted by Gasteiger charge is -2.03. The van der Waals surface area contributed by atoms with Crippen LogP contribution in [-0.2, 0) is 4.74 Å². The maximum Gasteiger partial charge on any atom is 0.339 e. The third kappa shape index (κ3) is 1.90. The fraction of sp³-hybridized carbons (Fsp3) is 0.100. The number of carbonyl (C=O) groups excluding carboxylic acids is 1. The van der Waals surface area contributed by atoms with Crippen molar-refractivity contribution in [3.8, 4) is 0 Å². The predicted molar refractivity (Wildman–Crippen MR) is 50.8 cm³/mol. The first-order valence-electron chi connectivity index (χ1n) is 3.60. The molecule has 0 bridgehead atoms. The van der Waals surface area contributed by atoms with Crippen LogP contribution >= 0.6 is 11.6 Å². The van der Waals surface area contributed by atoms with E-state index in [1.54, 1.807) is 18.2 Å². The standard InChI is InChI=1S/C10H8ClO2/c1-3-7-5-4-6-8(9(7)11)10(12)13-2/h4-6H,1H2,2H3. The fourth-order valence-corrected chi connectivity index (χ4v) is 1.21. The third-order valence-corrected chi connectivity index (χ3v) is 2.00. The molecule has 0 saturated carbocycles. The molecule has 0 amide bonds. The molecule has 0 heterocycles. The van der Waals surface area contributed by atoms with Gasteiger partial charge in [-0.25, -0.2) is 4.79 Å². The highest BCUT2D eigenvalue weighted by Crippen LogP contribution is 2.21. The SMILES string of the molecule is C=[C]c1cccc(C(=O)OC)c1Cl. The lowest BCUT2D eigenvalue weighted by molar-refractivity contribution is 0.0601. The van der Waals surface area contributed by atoms with Gasteiger partial charge >= 0.3 is 5.97 Å². The zero-order valence-electron chi connectivity index (χ0n) is 7.13. The zero-order valence-corrected chi connectivity index (χ0v) is 7.89. The second-order valence-corrected chi connectivity index (χ2v) is 2.71. The van der Waals surface area contributed by atoms with Crippen LogP contribution in [0.15, 0.2) is 24.8 Å². The minimum absolute atomic E-state index is 0.323. The number of hydrogen-bond acceptors (Lipinski definition) is 2. The highest BCUT2D eigenvalue weighted by molar-refractivity contribution is 6.34. The molecule has 1 radical (unpaired) electrons. The molecule has 0 atom stereocenters. The summed E-state index contributed by atoms with van der Waals surface area (Å²) in [5.41, 5.74) is 0.933.